The molecule has 5 nitrogen and oxygen atoms in total. The van der Waals surface area contributed by atoms with Crippen LogP contribution in [-0.4, -0.2) is 61.9 Å². The van der Waals surface area contributed by atoms with Gasteiger partial charge >= 0.3 is 5.97 Å². The van der Waals surface area contributed by atoms with E-state index in [2.05, 4.69) is 24.2 Å². The van der Waals surface area contributed by atoms with Crippen LogP contribution >= 0.6 is 0 Å². The molecule has 0 aromatic heterocycles. The maximum atomic E-state index is 12.2. The Hall–Kier alpha value is -0.650. The number of esters is 1. The predicted molar refractivity (Wildman–Crippen MR) is 82.3 cm³/mol. The lowest BCUT2D eigenvalue weighted by Crippen LogP contribution is -2.55. The van der Waals surface area contributed by atoms with E-state index in [0.717, 1.165) is 45.3 Å². The highest BCUT2D eigenvalue weighted by Gasteiger charge is 2.41. The molecule has 1 saturated heterocycles. The molecule has 2 fully saturated rings. The average molecular weight is 298 g/mol. The fourth-order valence-corrected chi connectivity index (χ4v) is 3.29. The van der Waals surface area contributed by atoms with Crippen LogP contribution in [0.15, 0.2) is 0 Å². The highest BCUT2D eigenvalue weighted by Crippen LogP contribution is 2.27. The molecule has 2 atom stereocenters. The molecule has 2 aliphatic rings. The second kappa shape index (κ2) is 7.07. The van der Waals surface area contributed by atoms with Gasteiger partial charge in [0.15, 0.2) is 0 Å². The SMILES string of the molecule is COC(=O)C(C)(CC(C)N(C)C1CCOCC1)NC1CC1. The molecule has 21 heavy (non-hydrogen) atoms. The minimum Gasteiger partial charge on any atom is -0.468 e. The molecule has 2 unspecified atom stereocenters. The van der Waals surface area contributed by atoms with E-state index in [-0.39, 0.29) is 5.97 Å². The van der Waals surface area contributed by atoms with Crippen molar-refractivity contribution in [1.82, 2.24) is 10.2 Å². The van der Waals surface area contributed by atoms with Gasteiger partial charge in [-0.25, -0.2) is 0 Å². The molecule has 0 aromatic carbocycles. The summed E-state index contributed by atoms with van der Waals surface area (Å²) in [5, 5.41) is 3.48. The molecule has 0 amide bonds. The van der Waals surface area contributed by atoms with Gasteiger partial charge < -0.3 is 14.4 Å². The van der Waals surface area contributed by atoms with Crippen LogP contribution in [0.25, 0.3) is 0 Å². The lowest BCUT2D eigenvalue weighted by atomic mass is 9.91. The third kappa shape index (κ3) is 4.41. The normalized spacial score (nSPS) is 24.6. The van der Waals surface area contributed by atoms with Crippen LogP contribution in [-0.2, 0) is 14.3 Å². The van der Waals surface area contributed by atoms with Crippen LogP contribution in [0.4, 0.5) is 0 Å². The van der Waals surface area contributed by atoms with E-state index >= 15 is 0 Å². The predicted octanol–water partition coefficient (Wildman–Crippen LogP) is 1.56. The van der Waals surface area contributed by atoms with Gasteiger partial charge in [0.1, 0.15) is 5.54 Å². The Labute approximate surface area is 128 Å². The van der Waals surface area contributed by atoms with Gasteiger partial charge in [-0.3, -0.25) is 10.1 Å². The third-order valence-corrected chi connectivity index (χ3v) is 4.90. The monoisotopic (exact) mass is 298 g/mol. The van der Waals surface area contributed by atoms with E-state index in [4.69, 9.17) is 9.47 Å². The summed E-state index contributed by atoms with van der Waals surface area (Å²) in [6.07, 6.45) is 5.25. The largest absolute Gasteiger partial charge is 0.468 e. The third-order valence-electron chi connectivity index (χ3n) is 4.90. The van der Waals surface area contributed by atoms with E-state index in [1.807, 2.05) is 6.92 Å². The fourth-order valence-electron chi connectivity index (χ4n) is 3.29. The molecular formula is C16H30N2O3. The number of hydrogen-bond donors (Lipinski definition) is 1. The molecule has 0 radical (unpaired) electrons. The lowest BCUT2D eigenvalue weighted by molar-refractivity contribution is -0.149. The molecule has 0 bridgehead atoms. The van der Waals surface area contributed by atoms with Gasteiger partial charge in [0, 0.05) is 31.3 Å². The Balaban J connectivity index is 1.95. The second-order valence-corrected chi connectivity index (χ2v) is 6.80. The molecule has 1 saturated carbocycles. The summed E-state index contributed by atoms with van der Waals surface area (Å²) in [5.41, 5.74) is -0.589. The van der Waals surface area contributed by atoms with Crippen molar-refractivity contribution in [3.63, 3.8) is 0 Å². The Bertz CT molecular complexity index is 353. The van der Waals surface area contributed by atoms with Crippen molar-refractivity contribution in [2.24, 2.45) is 0 Å². The Kier molecular flexibility index (Phi) is 5.63. The zero-order valence-electron chi connectivity index (χ0n) is 13.9. The van der Waals surface area contributed by atoms with Gasteiger partial charge in [-0.05, 0) is 53.0 Å². The molecule has 1 aliphatic carbocycles. The number of nitrogens with one attached hydrogen (secondary N) is 1. The zero-order chi connectivity index (χ0) is 15.5. The summed E-state index contributed by atoms with van der Waals surface area (Å²) in [5.74, 6) is -0.151. The smallest absolute Gasteiger partial charge is 0.325 e. The standard InChI is InChI=1S/C16H30N2O3/c1-12(18(3)14-7-9-21-10-8-14)11-16(2,15(19)20-4)17-13-5-6-13/h12-14,17H,5-11H2,1-4H3. The zero-order valence-corrected chi connectivity index (χ0v) is 13.9. The van der Waals surface area contributed by atoms with Crippen LogP contribution in [0.5, 0.6) is 0 Å². The minimum atomic E-state index is -0.589. The summed E-state index contributed by atoms with van der Waals surface area (Å²) in [7, 11) is 3.64. The number of ether oxygens (including phenoxy) is 2. The summed E-state index contributed by atoms with van der Waals surface area (Å²) in [4.78, 5) is 14.6. The summed E-state index contributed by atoms with van der Waals surface area (Å²) < 4.78 is 10.5. The second-order valence-electron chi connectivity index (χ2n) is 6.80. The van der Waals surface area contributed by atoms with Crippen molar-refractivity contribution in [3.05, 3.63) is 0 Å². The van der Waals surface area contributed by atoms with Crippen LogP contribution in [0, 0.1) is 0 Å². The van der Waals surface area contributed by atoms with Crippen LogP contribution in [0.2, 0.25) is 0 Å². The first-order valence-corrected chi connectivity index (χ1v) is 8.12. The van der Waals surface area contributed by atoms with Gasteiger partial charge in [-0.1, -0.05) is 0 Å². The average Bonchev–Trinajstić information content (AvgIpc) is 3.29. The van der Waals surface area contributed by atoms with Gasteiger partial charge in [0.2, 0.25) is 0 Å². The first-order chi connectivity index (χ1) is 9.96. The number of carbonyl (C=O) groups excluding carboxylic acids is 1. The summed E-state index contributed by atoms with van der Waals surface area (Å²) in [6, 6.07) is 1.36. The van der Waals surface area contributed by atoms with Crippen molar-refractivity contribution in [2.75, 3.05) is 27.4 Å². The Morgan fingerprint density at radius 2 is 2.00 bits per heavy atom. The van der Waals surface area contributed by atoms with Gasteiger partial charge in [0.05, 0.1) is 7.11 Å². The highest BCUT2D eigenvalue weighted by molar-refractivity contribution is 5.80. The molecule has 0 spiro atoms. The van der Waals surface area contributed by atoms with E-state index in [9.17, 15) is 4.79 Å². The molecule has 1 heterocycles. The van der Waals surface area contributed by atoms with Gasteiger partial charge in [0.25, 0.3) is 0 Å². The van der Waals surface area contributed by atoms with Gasteiger partial charge in [-0.2, -0.15) is 0 Å². The van der Waals surface area contributed by atoms with E-state index in [1.54, 1.807) is 0 Å². The first kappa shape index (κ1) is 16.7. The molecule has 122 valence electrons. The maximum Gasteiger partial charge on any atom is 0.325 e. The molecule has 0 aromatic rings. The quantitative estimate of drug-likeness (QED) is 0.723. The first-order valence-electron chi connectivity index (χ1n) is 8.12. The van der Waals surface area contributed by atoms with Crippen molar-refractivity contribution in [3.8, 4) is 0 Å². The van der Waals surface area contributed by atoms with E-state index < -0.39 is 5.54 Å². The van der Waals surface area contributed by atoms with Crippen molar-refractivity contribution < 1.29 is 14.3 Å². The molecule has 1 N–H and O–H groups in total. The van der Waals surface area contributed by atoms with Crippen LogP contribution < -0.4 is 5.32 Å². The number of carbonyl (C=O) groups is 1. The lowest BCUT2D eigenvalue weighted by Gasteiger charge is -2.39. The van der Waals surface area contributed by atoms with Crippen LogP contribution in [0.1, 0.15) is 46.0 Å². The fraction of sp³-hybridized carbons (Fsp3) is 0.938. The van der Waals surface area contributed by atoms with E-state index in [0.29, 0.717) is 18.1 Å². The Morgan fingerprint density at radius 1 is 1.38 bits per heavy atom. The highest BCUT2D eigenvalue weighted by atomic mass is 16.5. The molecular weight excluding hydrogens is 268 g/mol. The van der Waals surface area contributed by atoms with Gasteiger partial charge in [-0.15, -0.1) is 0 Å². The molecule has 2 rings (SSSR count). The summed E-state index contributed by atoms with van der Waals surface area (Å²) >= 11 is 0. The van der Waals surface area contributed by atoms with Crippen molar-refractivity contribution >= 4 is 5.97 Å². The van der Waals surface area contributed by atoms with Crippen LogP contribution in [0.3, 0.4) is 0 Å². The number of nitrogens with zero attached hydrogens (tertiary/aromatic N) is 1. The number of rotatable bonds is 7. The van der Waals surface area contributed by atoms with E-state index in [1.165, 1.54) is 7.11 Å². The maximum absolute atomic E-state index is 12.2. The Morgan fingerprint density at radius 3 is 2.52 bits per heavy atom. The molecule has 1 aliphatic heterocycles. The number of hydrogen-bond acceptors (Lipinski definition) is 5. The van der Waals surface area contributed by atoms with Crippen molar-refractivity contribution in [2.45, 2.75) is 69.6 Å². The summed E-state index contributed by atoms with van der Waals surface area (Å²) in [6.45, 7) is 5.86. The minimum absolute atomic E-state index is 0.151. The topological polar surface area (TPSA) is 50.8 Å². The number of methoxy groups -OCH3 is 1. The van der Waals surface area contributed by atoms with Crippen molar-refractivity contribution in [1.29, 1.82) is 0 Å². The molecule has 5 heteroatoms.